The average Bonchev–Trinajstić information content (AvgIpc) is 2.83. The third-order valence-electron chi connectivity index (χ3n) is 4.55. The number of allylic oxidation sites excluding steroid dienone is 1. The van der Waals surface area contributed by atoms with E-state index in [-0.39, 0.29) is 12.2 Å². The molecule has 0 atom stereocenters. The number of carbonyl (C=O) groups is 2. The van der Waals surface area contributed by atoms with Crippen LogP contribution in [0.1, 0.15) is 21.5 Å². The number of ether oxygens (including phenoxy) is 2. The van der Waals surface area contributed by atoms with Crippen LogP contribution in [-0.2, 0) is 4.79 Å². The van der Waals surface area contributed by atoms with Gasteiger partial charge in [-0.1, -0.05) is 18.2 Å². The number of carboxylic acid groups (broad SMARTS) is 1. The van der Waals surface area contributed by atoms with Crippen LogP contribution in [0.25, 0.3) is 11.6 Å². The Hall–Kier alpha value is -4.64. The van der Waals surface area contributed by atoms with E-state index in [0.29, 0.717) is 33.9 Å². The number of methoxy groups -OCH3 is 1. The lowest BCUT2D eigenvalue weighted by atomic mass is 10.0. The van der Waals surface area contributed by atoms with E-state index in [2.05, 4.69) is 11.4 Å². The van der Waals surface area contributed by atoms with Gasteiger partial charge >= 0.3 is 5.97 Å². The Kier molecular flexibility index (Phi) is 7.39. The van der Waals surface area contributed by atoms with Crippen molar-refractivity contribution >= 4 is 29.2 Å². The summed E-state index contributed by atoms with van der Waals surface area (Å²) in [5, 5.41) is 21.1. The Balaban J connectivity index is 1.71. The fourth-order valence-corrected chi connectivity index (χ4v) is 2.91. The zero-order valence-corrected chi connectivity index (χ0v) is 17.5. The van der Waals surface area contributed by atoms with Crippen LogP contribution in [0.2, 0.25) is 0 Å². The number of hydrogen-bond donors (Lipinski definition) is 2. The first-order chi connectivity index (χ1) is 15.9. The van der Waals surface area contributed by atoms with Gasteiger partial charge in [0, 0.05) is 5.69 Å². The SMILES string of the molecule is COc1cc(/C=C(/C#N)c2ccc(C(=O)O)cc2)ccc1OCC(=O)Nc1ccc(F)cc1. The molecule has 0 radical (unpaired) electrons. The van der Waals surface area contributed by atoms with Crippen LogP contribution >= 0.6 is 0 Å². The Morgan fingerprint density at radius 2 is 1.70 bits per heavy atom. The van der Waals surface area contributed by atoms with E-state index in [0.717, 1.165) is 0 Å². The number of rotatable bonds is 8. The van der Waals surface area contributed by atoms with Gasteiger partial charge in [-0.3, -0.25) is 4.79 Å². The molecule has 7 nitrogen and oxygen atoms in total. The molecule has 0 aliphatic heterocycles. The van der Waals surface area contributed by atoms with Gasteiger partial charge < -0.3 is 19.9 Å². The van der Waals surface area contributed by atoms with Crippen molar-refractivity contribution in [2.24, 2.45) is 0 Å². The monoisotopic (exact) mass is 446 g/mol. The highest BCUT2D eigenvalue weighted by molar-refractivity contribution is 5.93. The maximum absolute atomic E-state index is 13.0. The van der Waals surface area contributed by atoms with Crippen molar-refractivity contribution in [3.05, 3.63) is 89.2 Å². The molecule has 3 aromatic carbocycles. The molecule has 0 unspecified atom stereocenters. The lowest BCUT2D eigenvalue weighted by Crippen LogP contribution is -2.20. The number of carboxylic acids is 1. The summed E-state index contributed by atoms with van der Waals surface area (Å²) in [5.74, 6) is -1.19. The van der Waals surface area contributed by atoms with Crippen molar-refractivity contribution in [1.29, 1.82) is 5.26 Å². The van der Waals surface area contributed by atoms with Crippen molar-refractivity contribution in [1.82, 2.24) is 0 Å². The second-order valence-corrected chi connectivity index (χ2v) is 6.81. The lowest BCUT2D eigenvalue weighted by Gasteiger charge is -2.12. The zero-order chi connectivity index (χ0) is 23.8. The molecule has 3 aromatic rings. The van der Waals surface area contributed by atoms with Crippen LogP contribution < -0.4 is 14.8 Å². The smallest absolute Gasteiger partial charge is 0.335 e. The normalized spacial score (nSPS) is 10.8. The number of aromatic carboxylic acids is 1. The van der Waals surface area contributed by atoms with Crippen LogP contribution in [0.3, 0.4) is 0 Å². The molecule has 0 saturated heterocycles. The number of benzene rings is 3. The first-order valence-corrected chi connectivity index (χ1v) is 9.71. The Morgan fingerprint density at radius 3 is 2.30 bits per heavy atom. The number of nitrogens with zero attached hydrogens (tertiary/aromatic N) is 1. The maximum atomic E-state index is 13.0. The quantitative estimate of drug-likeness (QED) is 0.386. The average molecular weight is 446 g/mol. The molecular weight excluding hydrogens is 427 g/mol. The second-order valence-electron chi connectivity index (χ2n) is 6.81. The predicted octanol–water partition coefficient (Wildman–Crippen LogP) is 4.61. The highest BCUT2D eigenvalue weighted by Gasteiger charge is 2.10. The Labute approximate surface area is 189 Å². The molecule has 0 bridgehead atoms. The summed E-state index contributed by atoms with van der Waals surface area (Å²) in [6, 6.07) is 18.4. The first kappa shape index (κ1) is 23.0. The molecular formula is C25H19FN2O5. The Morgan fingerprint density at radius 1 is 1.03 bits per heavy atom. The molecule has 8 heteroatoms. The van der Waals surface area contributed by atoms with Gasteiger partial charge in [-0.25, -0.2) is 9.18 Å². The molecule has 0 fully saturated rings. The molecule has 0 spiro atoms. The number of carbonyl (C=O) groups excluding carboxylic acids is 1. The van der Waals surface area contributed by atoms with Crippen LogP contribution in [0.15, 0.2) is 66.7 Å². The van der Waals surface area contributed by atoms with Gasteiger partial charge in [-0.05, 0) is 65.7 Å². The molecule has 0 saturated carbocycles. The second kappa shape index (κ2) is 10.6. The molecule has 166 valence electrons. The van der Waals surface area contributed by atoms with Crippen molar-refractivity contribution in [2.45, 2.75) is 0 Å². The molecule has 0 aromatic heterocycles. The van der Waals surface area contributed by atoms with Gasteiger partial charge in [-0.15, -0.1) is 0 Å². The number of anilines is 1. The van der Waals surface area contributed by atoms with E-state index >= 15 is 0 Å². The van der Waals surface area contributed by atoms with Gasteiger partial charge in [-0.2, -0.15) is 5.26 Å². The number of nitrogens with one attached hydrogen (secondary N) is 1. The summed E-state index contributed by atoms with van der Waals surface area (Å²) in [6.45, 7) is -0.289. The Bertz CT molecular complexity index is 1230. The molecule has 0 heterocycles. The molecule has 0 aliphatic rings. The largest absolute Gasteiger partial charge is 0.493 e. The third-order valence-corrected chi connectivity index (χ3v) is 4.55. The van der Waals surface area contributed by atoms with Gasteiger partial charge in [0.15, 0.2) is 18.1 Å². The fraction of sp³-hybridized carbons (Fsp3) is 0.0800. The minimum Gasteiger partial charge on any atom is -0.493 e. The van der Waals surface area contributed by atoms with Gasteiger partial charge in [0.1, 0.15) is 5.82 Å². The third kappa shape index (κ3) is 6.18. The highest BCUT2D eigenvalue weighted by atomic mass is 19.1. The van der Waals surface area contributed by atoms with Gasteiger partial charge in [0.2, 0.25) is 0 Å². The summed E-state index contributed by atoms with van der Waals surface area (Å²) in [7, 11) is 1.45. The number of nitriles is 1. The summed E-state index contributed by atoms with van der Waals surface area (Å²) >= 11 is 0. The van der Waals surface area contributed by atoms with E-state index in [1.807, 2.05) is 0 Å². The van der Waals surface area contributed by atoms with E-state index < -0.39 is 17.7 Å². The lowest BCUT2D eigenvalue weighted by molar-refractivity contribution is -0.118. The standard InChI is InChI=1S/C25H19FN2O5/c1-32-23-13-16(12-19(14-27)17-3-5-18(6-4-17)25(30)31)2-11-22(23)33-15-24(29)28-21-9-7-20(26)8-10-21/h2-13H,15H2,1H3,(H,28,29)(H,30,31)/b19-12-. The van der Waals surface area contributed by atoms with Crippen LogP contribution in [0.4, 0.5) is 10.1 Å². The highest BCUT2D eigenvalue weighted by Crippen LogP contribution is 2.30. The van der Waals surface area contributed by atoms with Gasteiger partial charge in [0.25, 0.3) is 5.91 Å². The minimum atomic E-state index is -1.05. The minimum absolute atomic E-state index is 0.127. The van der Waals surface area contributed by atoms with Crippen LogP contribution in [0.5, 0.6) is 11.5 Å². The van der Waals surface area contributed by atoms with Crippen molar-refractivity contribution < 1.29 is 28.6 Å². The molecule has 0 aliphatic carbocycles. The van der Waals surface area contributed by atoms with Crippen LogP contribution in [-0.4, -0.2) is 30.7 Å². The maximum Gasteiger partial charge on any atom is 0.335 e. The summed E-state index contributed by atoms with van der Waals surface area (Å²) in [6.07, 6.45) is 1.63. The van der Waals surface area contributed by atoms with Crippen molar-refractivity contribution in [2.75, 3.05) is 19.0 Å². The number of halogens is 1. The fourth-order valence-electron chi connectivity index (χ4n) is 2.91. The van der Waals surface area contributed by atoms with Crippen molar-refractivity contribution in [3.63, 3.8) is 0 Å². The van der Waals surface area contributed by atoms with E-state index in [1.165, 1.54) is 43.5 Å². The summed E-state index contributed by atoms with van der Waals surface area (Å²) < 4.78 is 23.8. The molecule has 3 rings (SSSR count). The molecule has 1 amide bonds. The van der Waals surface area contributed by atoms with Crippen molar-refractivity contribution in [3.8, 4) is 17.6 Å². The zero-order valence-electron chi connectivity index (χ0n) is 17.5. The molecule has 2 N–H and O–H groups in total. The number of hydrogen-bond acceptors (Lipinski definition) is 5. The van der Waals surface area contributed by atoms with E-state index in [9.17, 15) is 19.2 Å². The molecule has 33 heavy (non-hydrogen) atoms. The van der Waals surface area contributed by atoms with Gasteiger partial charge in [0.05, 0.1) is 24.3 Å². The van der Waals surface area contributed by atoms with E-state index in [1.54, 1.807) is 36.4 Å². The summed E-state index contributed by atoms with van der Waals surface area (Å²) in [5.41, 5.74) is 2.12. The number of amides is 1. The van der Waals surface area contributed by atoms with Crippen LogP contribution in [0, 0.1) is 17.1 Å². The first-order valence-electron chi connectivity index (χ1n) is 9.71. The van der Waals surface area contributed by atoms with E-state index in [4.69, 9.17) is 14.6 Å². The predicted molar refractivity (Wildman–Crippen MR) is 120 cm³/mol. The summed E-state index contributed by atoms with van der Waals surface area (Å²) in [4.78, 5) is 23.1. The topological polar surface area (TPSA) is 109 Å².